The van der Waals surface area contributed by atoms with Crippen molar-refractivity contribution in [2.24, 2.45) is 11.1 Å². The van der Waals surface area contributed by atoms with Crippen LogP contribution in [-0.2, 0) is 0 Å². The largest absolute Gasteiger partial charge is 0.496 e. The highest BCUT2D eigenvalue weighted by molar-refractivity contribution is 5.40. The molecule has 0 aliphatic carbocycles. The molecule has 0 aliphatic rings. The van der Waals surface area contributed by atoms with E-state index in [0.29, 0.717) is 12.5 Å². The molecule has 0 saturated carbocycles. The summed E-state index contributed by atoms with van der Waals surface area (Å²) in [5, 5.41) is 0. The fourth-order valence-corrected chi connectivity index (χ4v) is 2.35. The van der Waals surface area contributed by atoms with Crippen LogP contribution >= 0.6 is 0 Å². The molecule has 0 amide bonds. The molecule has 96 valence electrons. The molecule has 1 aromatic rings. The molecule has 2 N–H and O–H groups in total. The zero-order valence-corrected chi connectivity index (χ0v) is 11.7. The van der Waals surface area contributed by atoms with Gasteiger partial charge in [-0.15, -0.1) is 0 Å². The van der Waals surface area contributed by atoms with Gasteiger partial charge in [-0.2, -0.15) is 0 Å². The number of methoxy groups -OCH3 is 1. The molecule has 17 heavy (non-hydrogen) atoms. The van der Waals surface area contributed by atoms with Crippen LogP contribution in [0.15, 0.2) is 18.2 Å². The van der Waals surface area contributed by atoms with E-state index < -0.39 is 0 Å². The third-order valence-corrected chi connectivity index (χ3v) is 3.26. The highest BCUT2D eigenvalue weighted by atomic mass is 16.5. The van der Waals surface area contributed by atoms with Gasteiger partial charge in [-0.1, -0.05) is 38.5 Å². The summed E-state index contributed by atoms with van der Waals surface area (Å²) in [6.07, 6.45) is 0.989. The topological polar surface area (TPSA) is 35.2 Å². The number of hydrogen-bond donors (Lipinski definition) is 1. The molecule has 1 aromatic carbocycles. The normalized spacial score (nSPS) is 13.5. The first kappa shape index (κ1) is 14.0. The zero-order valence-electron chi connectivity index (χ0n) is 11.7. The van der Waals surface area contributed by atoms with Crippen LogP contribution in [0.4, 0.5) is 0 Å². The van der Waals surface area contributed by atoms with E-state index in [1.165, 1.54) is 11.1 Å². The summed E-state index contributed by atoms with van der Waals surface area (Å²) in [5.41, 5.74) is 8.50. The average molecular weight is 235 g/mol. The number of nitrogens with two attached hydrogens (primary N) is 1. The lowest BCUT2D eigenvalue weighted by Crippen LogP contribution is -2.22. The highest BCUT2D eigenvalue weighted by Gasteiger charge is 2.27. The molecule has 0 fully saturated rings. The first-order valence-electron chi connectivity index (χ1n) is 6.24. The summed E-state index contributed by atoms with van der Waals surface area (Å²) < 4.78 is 5.48. The lowest BCUT2D eigenvalue weighted by molar-refractivity contribution is 0.297. The Morgan fingerprint density at radius 2 is 1.94 bits per heavy atom. The monoisotopic (exact) mass is 235 g/mol. The van der Waals surface area contributed by atoms with Crippen LogP contribution in [0, 0.1) is 12.3 Å². The second-order valence-electron chi connectivity index (χ2n) is 5.74. The maximum atomic E-state index is 5.75. The minimum Gasteiger partial charge on any atom is -0.496 e. The lowest BCUT2D eigenvalue weighted by atomic mass is 9.74. The third kappa shape index (κ3) is 3.47. The Hall–Kier alpha value is -1.02. The van der Waals surface area contributed by atoms with Crippen molar-refractivity contribution < 1.29 is 4.74 Å². The predicted molar refractivity (Wildman–Crippen MR) is 73.6 cm³/mol. The molecule has 0 radical (unpaired) electrons. The number of rotatable bonds is 4. The number of aryl methyl sites for hydroxylation is 1. The van der Waals surface area contributed by atoms with Crippen molar-refractivity contribution in [2.45, 2.75) is 40.0 Å². The van der Waals surface area contributed by atoms with Gasteiger partial charge in [0.2, 0.25) is 0 Å². The van der Waals surface area contributed by atoms with Crippen LogP contribution < -0.4 is 10.5 Å². The highest BCUT2D eigenvalue weighted by Crippen LogP contribution is 2.41. The smallest absolute Gasteiger partial charge is 0.122 e. The van der Waals surface area contributed by atoms with E-state index in [1.54, 1.807) is 7.11 Å². The summed E-state index contributed by atoms with van der Waals surface area (Å²) in [6, 6.07) is 6.37. The van der Waals surface area contributed by atoms with Crippen molar-refractivity contribution in [3.63, 3.8) is 0 Å². The van der Waals surface area contributed by atoms with E-state index in [-0.39, 0.29) is 5.41 Å². The number of benzene rings is 1. The van der Waals surface area contributed by atoms with Gasteiger partial charge >= 0.3 is 0 Å². The molecular formula is C15H25NO. The quantitative estimate of drug-likeness (QED) is 0.867. The van der Waals surface area contributed by atoms with Gasteiger partial charge < -0.3 is 10.5 Å². The molecule has 2 heteroatoms. The molecule has 2 nitrogen and oxygen atoms in total. The molecule has 1 rings (SSSR count). The minimum atomic E-state index is 0.195. The maximum Gasteiger partial charge on any atom is 0.122 e. The van der Waals surface area contributed by atoms with E-state index in [9.17, 15) is 0 Å². The van der Waals surface area contributed by atoms with Gasteiger partial charge in [0.25, 0.3) is 0 Å². The van der Waals surface area contributed by atoms with Crippen molar-refractivity contribution in [3.8, 4) is 5.75 Å². The third-order valence-electron chi connectivity index (χ3n) is 3.26. The van der Waals surface area contributed by atoms with Crippen LogP contribution in [0.3, 0.4) is 0 Å². The van der Waals surface area contributed by atoms with Gasteiger partial charge in [-0.05, 0) is 42.9 Å². The Morgan fingerprint density at radius 1 is 1.29 bits per heavy atom. The van der Waals surface area contributed by atoms with Crippen molar-refractivity contribution in [1.82, 2.24) is 0 Å². The molecule has 0 saturated heterocycles. The Balaban J connectivity index is 3.21. The Kier molecular flexibility index (Phi) is 4.58. The first-order valence-corrected chi connectivity index (χ1v) is 6.24. The summed E-state index contributed by atoms with van der Waals surface area (Å²) in [6.45, 7) is 9.60. The summed E-state index contributed by atoms with van der Waals surface area (Å²) in [4.78, 5) is 0. The standard InChI is InChI=1S/C15H25NO/c1-11-6-7-14(17-5)12(10-11)13(8-9-16)15(2,3)4/h6-7,10,13H,8-9,16H2,1-5H3. The van der Waals surface area contributed by atoms with Crippen LogP contribution in [-0.4, -0.2) is 13.7 Å². The molecule has 0 aromatic heterocycles. The molecular weight excluding hydrogens is 210 g/mol. The Bertz CT molecular complexity index is 366. The van der Waals surface area contributed by atoms with E-state index in [0.717, 1.165) is 12.2 Å². The zero-order chi connectivity index (χ0) is 13.1. The van der Waals surface area contributed by atoms with Gasteiger partial charge in [-0.3, -0.25) is 0 Å². The van der Waals surface area contributed by atoms with Gasteiger partial charge in [0.1, 0.15) is 5.75 Å². The summed E-state index contributed by atoms with van der Waals surface area (Å²) in [7, 11) is 1.73. The van der Waals surface area contributed by atoms with Crippen molar-refractivity contribution in [3.05, 3.63) is 29.3 Å². The summed E-state index contributed by atoms with van der Waals surface area (Å²) >= 11 is 0. The summed E-state index contributed by atoms with van der Waals surface area (Å²) in [5.74, 6) is 1.41. The van der Waals surface area contributed by atoms with Gasteiger partial charge in [0.15, 0.2) is 0 Å². The molecule has 0 heterocycles. The fraction of sp³-hybridized carbons (Fsp3) is 0.600. The Labute approximate surface area is 105 Å². The van der Waals surface area contributed by atoms with Crippen LogP contribution in [0.2, 0.25) is 0 Å². The van der Waals surface area contributed by atoms with E-state index in [2.05, 4.69) is 45.9 Å². The van der Waals surface area contributed by atoms with Gasteiger partial charge in [0.05, 0.1) is 7.11 Å². The van der Waals surface area contributed by atoms with Crippen LogP contribution in [0.1, 0.15) is 44.2 Å². The Morgan fingerprint density at radius 3 is 2.41 bits per heavy atom. The predicted octanol–water partition coefficient (Wildman–Crippen LogP) is 3.48. The average Bonchev–Trinajstić information content (AvgIpc) is 2.24. The van der Waals surface area contributed by atoms with Gasteiger partial charge in [0, 0.05) is 0 Å². The second-order valence-corrected chi connectivity index (χ2v) is 5.74. The number of hydrogen-bond acceptors (Lipinski definition) is 2. The molecule has 1 atom stereocenters. The van der Waals surface area contributed by atoms with Crippen LogP contribution in [0.5, 0.6) is 5.75 Å². The minimum absolute atomic E-state index is 0.195. The fourth-order valence-electron chi connectivity index (χ4n) is 2.35. The lowest BCUT2D eigenvalue weighted by Gasteiger charge is -2.32. The van der Waals surface area contributed by atoms with Crippen molar-refractivity contribution in [1.29, 1.82) is 0 Å². The SMILES string of the molecule is COc1ccc(C)cc1C(CCN)C(C)(C)C. The van der Waals surface area contributed by atoms with E-state index in [4.69, 9.17) is 10.5 Å². The molecule has 0 bridgehead atoms. The van der Waals surface area contributed by atoms with Crippen molar-refractivity contribution >= 4 is 0 Å². The van der Waals surface area contributed by atoms with E-state index in [1.807, 2.05) is 0 Å². The van der Waals surface area contributed by atoms with Gasteiger partial charge in [-0.25, -0.2) is 0 Å². The van der Waals surface area contributed by atoms with Crippen molar-refractivity contribution in [2.75, 3.05) is 13.7 Å². The van der Waals surface area contributed by atoms with E-state index >= 15 is 0 Å². The molecule has 0 aliphatic heterocycles. The second kappa shape index (κ2) is 5.54. The first-order chi connectivity index (χ1) is 7.90. The number of ether oxygens (including phenoxy) is 1. The van der Waals surface area contributed by atoms with Crippen LogP contribution in [0.25, 0.3) is 0 Å². The molecule has 1 unspecified atom stereocenters. The maximum absolute atomic E-state index is 5.75. The molecule has 0 spiro atoms.